The Labute approximate surface area is 223 Å². The van der Waals surface area contributed by atoms with Gasteiger partial charge in [0, 0.05) is 12.1 Å². The maximum absolute atomic E-state index is 13.9. The molecule has 9 heteroatoms. The summed E-state index contributed by atoms with van der Waals surface area (Å²) in [7, 11) is 0. The molecule has 5 N–H and O–H groups in total. The lowest BCUT2D eigenvalue weighted by molar-refractivity contribution is -0.139. The van der Waals surface area contributed by atoms with E-state index in [0.717, 1.165) is 16.7 Å². The van der Waals surface area contributed by atoms with E-state index >= 15 is 0 Å². The zero-order chi connectivity index (χ0) is 28.2. The number of aliphatic hydroxyl groups is 2. The van der Waals surface area contributed by atoms with Gasteiger partial charge in [0.05, 0.1) is 29.9 Å². The van der Waals surface area contributed by atoms with Gasteiger partial charge in [-0.1, -0.05) is 43.7 Å². The van der Waals surface area contributed by atoms with Crippen molar-refractivity contribution in [3.8, 4) is 0 Å². The monoisotopic (exact) mass is 527 g/mol. The SMILES string of the molecule is CC1=C(C(C)C)C(CC[C@@H](O)C[C@@H](O)CC(=O)O)(Cc2cccc(C)c2)N(c2ccc(F)cc2)N1C(N)=O. The number of aliphatic carboxylic acids is 1. The number of urea groups is 1. The Morgan fingerprint density at radius 1 is 1.05 bits per heavy atom. The molecular weight excluding hydrogens is 489 g/mol. The number of anilines is 1. The number of carbonyl (C=O) groups excluding carboxylic acids is 1. The van der Waals surface area contributed by atoms with E-state index < -0.39 is 42.0 Å². The highest BCUT2D eigenvalue weighted by Crippen LogP contribution is 2.49. The van der Waals surface area contributed by atoms with E-state index in [1.165, 1.54) is 17.1 Å². The highest BCUT2D eigenvalue weighted by Gasteiger charge is 2.52. The van der Waals surface area contributed by atoms with Gasteiger partial charge in [0.15, 0.2) is 0 Å². The van der Waals surface area contributed by atoms with E-state index in [9.17, 15) is 24.2 Å². The minimum absolute atomic E-state index is 0.0122. The molecule has 1 heterocycles. The number of carboxylic acid groups (broad SMARTS) is 1. The van der Waals surface area contributed by atoms with Crippen LogP contribution >= 0.6 is 0 Å². The van der Waals surface area contributed by atoms with Crippen molar-refractivity contribution in [2.75, 3.05) is 5.01 Å². The van der Waals surface area contributed by atoms with Crippen molar-refractivity contribution < 1.29 is 29.3 Å². The predicted octanol–water partition coefficient (Wildman–Crippen LogP) is 4.53. The second kappa shape index (κ2) is 12.0. The van der Waals surface area contributed by atoms with E-state index in [1.54, 1.807) is 12.1 Å². The molecule has 0 aliphatic carbocycles. The molecule has 2 amide bonds. The van der Waals surface area contributed by atoms with Crippen LogP contribution in [0.2, 0.25) is 0 Å². The van der Waals surface area contributed by atoms with Crippen molar-refractivity contribution in [1.29, 1.82) is 0 Å². The molecule has 0 saturated heterocycles. The summed E-state index contributed by atoms with van der Waals surface area (Å²) >= 11 is 0. The summed E-state index contributed by atoms with van der Waals surface area (Å²) in [5, 5.41) is 33.1. The Hall–Kier alpha value is -3.43. The molecule has 2 aromatic rings. The van der Waals surface area contributed by atoms with Crippen LogP contribution in [-0.4, -0.2) is 50.1 Å². The molecule has 38 heavy (non-hydrogen) atoms. The maximum Gasteiger partial charge on any atom is 0.338 e. The highest BCUT2D eigenvalue weighted by molar-refractivity contribution is 5.80. The lowest BCUT2D eigenvalue weighted by Crippen LogP contribution is -2.57. The molecule has 206 valence electrons. The van der Waals surface area contributed by atoms with Gasteiger partial charge in [0.1, 0.15) is 5.82 Å². The first-order valence-corrected chi connectivity index (χ1v) is 12.9. The summed E-state index contributed by atoms with van der Waals surface area (Å²) < 4.78 is 13.9. The lowest BCUT2D eigenvalue weighted by Gasteiger charge is -2.46. The molecule has 0 fully saturated rings. The topological polar surface area (TPSA) is 127 Å². The highest BCUT2D eigenvalue weighted by atomic mass is 19.1. The number of carboxylic acids is 1. The molecule has 2 aromatic carbocycles. The van der Waals surface area contributed by atoms with Gasteiger partial charge in [-0.15, -0.1) is 0 Å². The minimum atomic E-state index is -1.18. The molecule has 1 aliphatic heterocycles. The van der Waals surface area contributed by atoms with Crippen LogP contribution in [-0.2, 0) is 11.2 Å². The number of allylic oxidation sites excluding steroid dienone is 1. The van der Waals surface area contributed by atoms with Crippen molar-refractivity contribution in [3.05, 3.63) is 76.7 Å². The number of aryl methyl sites for hydroxylation is 1. The predicted molar refractivity (Wildman–Crippen MR) is 144 cm³/mol. The molecule has 3 rings (SSSR count). The third kappa shape index (κ3) is 6.34. The number of aliphatic hydroxyl groups excluding tert-OH is 2. The zero-order valence-corrected chi connectivity index (χ0v) is 22.4. The summed E-state index contributed by atoms with van der Waals surface area (Å²) in [5.74, 6) is -1.57. The first-order chi connectivity index (χ1) is 17.9. The summed E-state index contributed by atoms with van der Waals surface area (Å²) in [6, 6.07) is 13.2. The smallest absolute Gasteiger partial charge is 0.338 e. The van der Waals surface area contributed by atoms with Crippen LogP contribution in [0, 0.1) is 18.7 Å². The van der Waals surface area contributed by atoms with Crippen LogP contribution in [0.4, 0.5) is 14.9 Å². The number of halogens is 1. The molecule has 0 spiro atoms. The van der Waals surface area contributed by atoms with Gasteiger partial charge < -0.3 is 21.1 Å². The van der Waals surface area contributed by atoms with Crippen molar-refractivity contribution in [2.45, 2.75) is 77.5 Å². The molecular formula is C29H38FN3O5. The fraction of sp³-hybridized carbons (Fsp3) is 0.448. The van der Waals surface area contributed by atoms with Crippen LogP contribution in [0.15, 0.2) is 59.8 Å². The number of nitrogens with zero attached hydrogens (tertiary/aromatic N) is 2. The Balaban J connectivity index is 2.15. The van der Waals surface area contributed by atoms with Gasteiger partial charge in [0.25, 0.3) is 0 Å². The number of benzene rings is 2. The van der Waals surface area contributed by atoms with Gasteiger partial charge in [0.2, 0.25) is 0 Å². The molecule has 0 aromatic heterocycles. The summed E-state index contributed by atoms with van der Waals surface area (Å²) in [4.78, 5) is 23.9. The number of rotatable bonds is 11. The van der Waals surface area contributed by atoms with E-state index in [-0.39, 0.29) is 18.8 Å². The number of hydrazine groups is 1. The van der Waals surface area contributed by atoms with Crippen molar-refractivity contribution in [1.82, 2.24) is 5.01 Å². The fourth-order valence-electron chi connectivity index (χ4n) is 5.85. The van der Waals surface area contributed by atoms with Gasteiger partial charge in [-0.3, -0.25) is 9.80 Å². The van der Waals surface area contributed by atoms with Crippen molar-refractivity contribution in [3.63, 3.8) is 0 Å². The standard InChI is InChI=1S/C29H38FN3O5/c1-18(2)27-20(4)32(28(31)38)33(23-10-8-22(30)9-11-23)29(27,17-21-7-5-6-19(3)14-21)13-12-24(34)15-25(35)16-26(36)37/h5-11,14,18,24-25,34-35H,12-13,15-17H2,1-4H3,(H2,31,38)(H,36,37)/t24-,25-,29?/m1/s1. The molecule has 0 radical (unpaired) electrons. The molecule has 1 aliphatic rings. The number of amides is 2. The van der Waals surface area contributed by atoms with Gasteiger partial charge in [-0.05, 0) is 74.4 Å². The Bertz CT molecular complexity index is 1180. The summed E-state index contributed by atoms with van der Waals surface area (Å²) in [6.45, 7) is 7.90. The maximum atomic E-state index is 13.9. The first kappa shape index (κ1) is 29.1. The molecule has 1 unspecified atom stereocenters. The van der Waals surface area contributed by atoms with Crippen molar-refractivity contribution in [2.24, 2.45) is 11.7 Å². The second-order valence-electron chi connectivity index (χ2n) is 10.5. The molecule has 8 nitrogen and oxygen atoms in total. The van der Waals surface area contributed by atoms with Crippen molar-refractivity contribution >= 4 is 17.7 Å². The average molecular weight is 528 g/mol. The molecule has 3 atom stereocenters. The van der Waals surface area contributed by atoms with Crippen LogP contribution in [0.1, 0.15) is 57.6 Å². The van der Waals surface area contributed by atoms with E-state index in [0.29, 0.717) is 24.2 Å². The third-order valence-corrected chi connectivity index (χ3v) is 7.10. The Kier molecular flexibility index (Phi) is 9.17. The van der Waals surface area contributed by atoms with E-state index in [2.05, 4.69) is 6.07 Å². The number of hydrogen-bond acceptors (Lipinski definition) is 5. The van der Waals surface area contributed by atoms with Gasteiger partial charge in [-0.25, -0.2) is 14.2 Å². The largest absolute Gasteiger partial charge is 0.481 e. The summed E-state index contributed by atoms with van der Waals surface area (Å²) in [5.41, 5.74) is 9.32. The Morgan fingerprint density at radius 2 is 1.71 bits per heavy atom. The number of nitrogens with two attached hydrogens (primary N) is 1. The Morgan fingerprint density at radius 3 is 2.26 bits per heavy atom. The van der Waals surface area contributed by atoms with E-state index in [1.807, 2.05) is 50.9 Å². The van der Waals surface area contributed by atoms with Crippen LogP contribution in [0.5, 0.6) is 0 Å². The lowest BCUT2D eigenvalue weighted by atomic mass is 9.74. The van der Waals surface area contributed by atoms with Gasteiger partial charge >= 0.3 is 12.0 Å². The summed E-state index contributed by atoms with van der Waals surface area (Å²) in [6.07, 6.45) is -1.68. The quantitative estimate of drug-likeness (QED) is 0.340. The number of primary amides is 1. The number of hydrogen-bond donors (Lipinski definition) is 4. The molecule has 0 saturated carbocycles. The first-order valence-electron chi connectivity index (χ1n) is 12.9. The second-order valence-corrected chi connectivity index (χ2v) is 10.5. The molecule has 0 bridgehead atoms. The minimum Gasteiger partial charge on any atom is -0.481 e. The van der Waals surface area contributed by atoms with Gasteiger partial charge in [-0.2, -0.15) is 0 Å². The zero-order valence-electron chi connectivity index (χ0n) is 22.4. The van der Waals surface area contributed by atoms with Crippen LogP contribution < -0.4 is 10.7 Å². The van der Waals surface area contributed by atoms with Crippen LogP contribution in [0.3, 0.4) is 0 Å². The third-order valence-electron chi connectivity index (χ3n) is 7.10. The average Bonchev–Trinajstić information content (AvgIpc) is 3.06. The van der Waals surface area contributed by atoms with Crippen LogP contribution in [0.25, 0.3) is 0 Å². The van der Waals surface area contributed by atoms with E-state index in [4.69, 9.17) is 10.8 Å². The number of carbonyl (C=O) groups is 2. The fourth-order valence-corrected chi connectivity index (χ4v) is 5.85. The normalized spacial score (nSPS) is 19.3.